The maximum Gasteiger partial charge on any atom is 0.320 e. The summed E-state index contributed by atoms with van der Waals surface area (Å²) < 4.78 is 7.08. The minimum Gasteiger partial charge on any atom is -0.497 e. The van der Waals surface area contributed by atoms with Gasteiger partial charge in [0.2, 0.25) is 0 Å². The average molecular weight is 366 g/mol. The summed E-state index contributed by atoms with van der Waals surface area (Å²) in [7, 11) is 1.65. The van der Waals surface area contributed by atoms with Crippen molar-refractivity contribution in [3.8, 4) is 16.9 Å². The van der Waals surface area contributed by atoms with Crippen molar-refractivity contribution in [2.45, 2.75) is 31.7 Å². The third-order valence-corrected chi connectivity index (χ3v) is 5.20. The molecule has 3 heterocycles. The number of fused-ring (bicyclic) bond motifs is 1. The summed E-state index contributed by atoms with van der Waals surface area (Å²) >= 11 is 0. The van der Waals surface area contributed by atoms with E-state index in [9.17, 15) is 4.79 Å². The molecule has 4 rings (SSSR count). The molecule has 0 aliphatic carbocycles. The van der Waals surface area contributed by atoms with Crippen molar-refractivity contribution in [3.63, 3.8) is 0 Å². The third kappa shape index (κ3) is 3.26. The molecule has 1 saturated heterocycles. The Morgan fingerprint density at radius 3 is 2.70 bits per heavy atom. The number of carboxylic acids is 1. The molecular weight excluding hydrogens is 344 g/mol. The number of hydrogen-bond acceptors (Lipinski definition) is 5. The Kier molecular flexibility index (Phi) is 4.53. The van der Waals surface area contributed by atoms with Crippen LogP contribution in [0.15, 0.2) is 36.5 Å². The summed E-state index contributed by atoms with van der Waals surface area (Å²) in [6.07, 6.45) is 3.25. The van der Waals surface area contributed by atoms with Crippen LogP contribution in [0.25, 0.3) is 16.8 Å². The molecule has 0 spiro atoms. The normalized spacial score (nSPS) is 19.9. The van der Waals surface area contributed by atoms with Gasteiger partial charge in [-0.1, -0.05) is 12.1 Å². The molecule has 2 atom stereocenters. The SMILES string of the molecule is COc1ccc(-c2cnn3c(C)cc(C4CCC(C(=O)O)NC4)nc23)cc1. The second-order valence-electron chi connectivity index (χ2n) is 6.92. The molecule has 1 aliphatic rings. The summed E-state index contributed by atoms with van der Waals surface area (Å²) in [5.41, 5.74) is 4.80. The van der Waals surface area contributed by atoms with E-state index in [1.807, 2.05) is 48.0 Å². The summed E-state index contributed by atoms with van der Waals surface area (Å²) in [6.45, 7) is 2.63. The van der Waals surface area contributed by atoms with E-state index in [1.165, 1.54) is 0 Å². The molecule has 7 heteroatoms. The van der Waals surface area contributed by atoms with Gasteiger partial charge in [-0.25, -0.2) is 9.50 Å². The van der Waals surface area contributed by atoms with Crippen LogP contribution in [0.4, 0.5) is 0 Å². The van der Waals surface area contributed by atoms with Crippen molar-refractivity contribution in [1.29, 1.82) is 0 Å². The Labute approximate surface area is 157 Å². The number of nitrogens with one attached hydrogen (secondary N) is 1. The number of methoxy groups -OCH3 is 1. The topological polar surface area (TPSA) is 88.8 Å². The molecule has 2 unspecified atom stereocenters. The quantitative estimate of drug-likeness (QED) is 0.738. The fourth-order valence-corrected chi connectivity index (χ4v) is 3.64. The van der Waals surface area contributed by atoms with Crippen LogP contribution >= 0.6 is 0 Å². The molecular formula is C20H22N4O3. The van der Waals surface area contributed by atoms with E-state index in [-0.39, 0.29) is 5.92 Å². The van der Waals surface area contributed by atoms with Crippen LogP contribution in [0.5, 0.6) is 5.75 Å². The van der Waals surface area contributed by atoms with E-state index in [0.717, 1.165) is 40.3 Å². The Bertz CT molecular complexity index is 973. The number of rotatable bonds is 4. The number of hydrogen-bond donors (Lipinski definition) is 2. The molecule has 140 valence electrons. The van der Waals surface area contributed by atoms with Crippen LogP contribution in [0.1, 0.15) is 30.1 Å². The molecule has 2 aromatic heterocycles. The van der Waals surface area contributed by atoms with Gasteiger partial charge < -0.3 is 15.2 Å². The van der Waals surface area contributed by atoms with E-state index >= 15 is 0 Å². The maximum atomic E-state index is 11.1. The number of benzene rings is 1. The molecule has 1 aromatic carbocycles. The highest BCUT2D eigenvalue weighted by Gasteiger charge is 2.27. The van der Waals surface area contributed by atoms with Crippen LogP contribution in [-0.2, 0) is 4.79 Å². The molecule has 2 N–H and O–H groups in total. The van der Waals surface area contributed by atoms with Gasteiger partial charge in [-0.3, -0.25) is 4.79 Å². The lowest BCUT2D eigenvalue weighted by molar-refractivity contribution is -0.140. The first-order valence-corrected chi connectivity index (χ1v) is 9.02. The van der Waals surface area contributed by atoms with Crippen LogP contribution in [0, 0.1) is 6.92 Å². The Morgan fingerprint density at radius 2 is 2.07 bits per heavy atom. The highest BCUT2D eigenvalue weighted by molar-refractivity contribution is 5.77. The number of nitrogens with zero attached hydrogens (tertiary/aromatic N) is 3. The predicted octanol–water partition coefficient (Wildman–Crippen LogP) is 2.63. The Balaban J connectivity index is 1.69. The summed E-state index contributed by atoms with van der Waals surface area (Å²) in [5.74, 6) is 0.217. The van der Waals surface area contributed by atoms with Crippen LogP contribution in [0.2, 0.25) is 0 Å². The Hall–Kier alpha value is -2.93. The largest absolute Gasteiger partial charge is 0.497 e. The van der Waals surface area contributed by atoms with E-state index in [1.54, 1.807) is 7.11 Å². The monoisotopic (exact) mass is 366 g/mol. The van der Waals surface area contributed by atoms with Crippen molar-refractivity contribution in [2.24, 2.45) is 0 Å². The molecule has 7 nitrogen and oxygen atoms in total. The number of piperidine rings is 1. The molecule has 1 fully saturated rings. The standard InChI is InChI=1S/C20H22N4O3/c1-12-9-18(14-5-8-17(20(25)26)21-10-14)23-19-16(11-22-24(12)19)13-3-6-15(27-2)7-4-13/h3-4,6-7,9,11,14,17,21H,5,8,10H2,1-2H3,(H,25,26). The number of aryl methyl sites for hydroxylation is 1. The van der Waals surface area contributed by atoms with Crippen LogP contribution < -0.4 is 10.1 Å². The fraction of sp³-hybridized carbons (Fsp3) is 0.350. The number of aliphatic carboxylic acids is 1. The smallest absolute Gasteiger partial charge is 0.320 e. The zero-order valence-electron chi connectivity index (χ0n) is 15.3. The third-order valence-electron chi connectivity index (χ3n) is 5.20. The van der Waals surface area contributed by atoms with Gasteiger partial charge in [0.25, 0.3) is 0 Å². The average Bonchev–Trinajstić information content (AvgIpc) is 3.12. The summed E-state index contributed by atoms with van der Waals surface area (Å²) in [4.78, 5) is 16.0. The van der Waals surface area contributed by atoms with Gasteiger partial charge >= 0.3 is 5.97 Å². The van der Waals surface area contributed by atoms with Crippen molar-refractivity contribution in [1.82, 2.24) is 19.9 Å². The lowest BCUT2D eigenvalue weighted by Crippen LogP contribution is -2.43. The second kappa shape index (κ2) is 7.00. The lowest BCUT2D eigenvalue weighted by Gasteiger charge is -2.27. The van der Waals surface area contributed by atoms with E-state index in [4.69, 9.17) is 14.8 Å². The first-order chi connectivity index (χ1) is 13.1. The molecule has 0 radical (unpaired) electrons. The van der Waals surface area contributed by atoms with Crippen LogP contribution in [-0.4, -0.2) is 45.4 Å². The Morgan fingerprint density at radius 1 is 1.30 bits per heavy atom. The highest BCUT2D eigenvalue weighted by Crippen LogP contribution is 2.29. The van der Waals surface area contributed by atoms with Gasteiger partial charge in [-0.2, -0.15) is 5.10 Å². The number of carbonyl (C=O) groups is 1. The summed E-state index contributed by atoms with van der Waals surface area (Å²) in [5, 5.41) is 16.8. The zero-order valence-corrected chi connectivity index (χ0v) is 15.3. The molecule has 0 bridgehead atoms. The van der Waals surface area contributed by atoms with Gasteiger partial charge in [-0.05, 0) is 43.5 Å². The second-order valence-corrected chi connectivity index (χ2v) is 6.92. The van der Waals surface area contributed by atoms with E-state index in [0.29, 0.717) is 13.0 Å². The minimum atomic E-state index is -0.786. The highest BCUT2D eigenvalue weighted by atomic mass is 16.5. The van der Waals surface area contributed by atoms with Gasteiger partial charge in [-0.15, -0.1) is 0 Å². The van der Waals surface area contributed by atoms with Gasteiger partial charge in [0.1, 0.15) is 11.8 Å². The van der Waals surface area contributed by atoms with Crippen LogP contribution in [0.3, 0.4) is 0 Å². The predicted molar refractivity (Wildman–Crippen MR) is 101 cm³/mol. The maximum absolute atomic E-state index is 11.1. The molecule has 3 aromatic rings. The fourth-order valence-electron chi connectivity index (χ4n) is 3.64. The van der Waals surface area contributed by atoms with Gasteiger partial charge in [0.05, 0.1) is 13.3 Å². The van der Waals surface area contributed by atoms with Gasteiger partial charge in [0, 0.05) is 29.4 Å². The van der Waals surface area contributed by atoms with Crippen molar-refractivity contribution in [2.75, 3.05) is 13.7 Å². The minimum absolute atomic E-state index is 0.197. The number of ether oxygens (including phenoxy) is 1. The molecule has 0 amide bonds. The lowest BCUT2D eigenvalue weighted by atomic mass is 9.91. The first kappa shape index (κ1) is 17.5. The summed E-state index contributed by atoms with van der Waals surface area (Å²) in [6, 6.07) is 9.43. The van der Waals surface area contributed by atoms with Crippen molar-refractivity contribution >= 4 is 11.6 Å². The first-order valence-electron chi connectivity index (χ1n) is 9.02. The number of aromatic nitrogens is 3. The molecule has 1 aliphatic heterocycles. The van der Waals surface area contributed by atoms with Crippen molar-refractivity contribution in [3.05, 3.63) is 47.9 Å². The molecule has 0 saturated carbocycles. The zero-order chi connectivity index (χ0) is 19.0. The van der Waals surface area contributed by atoms with E-state index < -0.39 is 12.0 Å². The van der Waals surface area contributed by atoms with E-state index in [2.05, 4.69) is 10.4 Å². The van der Waals surface area contributed by atoms with Crippen molar-refractivity contribution < 1.29 is 14.6 Å². The molecule has 27 heavy (non-hydrogen) atoms. The number of carboxylic acid groups (broad SMARTS) is 1. The van der Waals surface area contributed by atoms with Gasteiger partial charge in [0.15, 0.2) is 5.65 Å².